The van der Waals surface area contributed by atoms with Crippen molar-refractivity contribution in [2.45, 2.75) is 20.3 Å². The molecular weight excluding hydrogens is 244 g/mol. The lowest BCUT2D eigenvalue weighted by Gasteiger charge is -2.12. The van der Waals surface area contributed by atoms with E-state index in [1.54, 1.807) is 13.2 Å². The first-order valence-electron chi connectivity index (χ1n) is 6.25. The summed E-state index contributed by atoms with van der Waals surface area (Å²) in [6.45, 7) is 3.42. The van der Waals surface area contributed by atoms with Crippen molar-refractivity contribution in [2.24, 2.45) is 5.92 Å². The van der Waals surface area contributed by atoms with Crippen LogP contribution in [0.25, 0.3) is 11.0 Å². The lowest BCUT2D eigenvalue weighted by atomic mass is 9.95. The average Bonchev–Trinajstić information content (AvgIpc) is 2.83. The number of hydrogen-bond donors (Lipinski definition) is 0. The van der Waals surface area contributed by atoms with Crippen molar-refractivity contribution in [3.63, 3.8) is 0 Å². The topological polar surface area (TPSA) is 56.5 Å². The van der Waals surface area contributed by atoms with Crippen molar-refractivity contribution in [1.82, 2.24) is 0 Å². The predicted octanol–water partition coefficient (Wildman–Crippen LogP) is 2.74. The molecule has 4 heteroatoms. The fraction of sp³-hybridized carbons (Fsp3) is 0.333. The van der Waals surface area contributed by atoms with Gasteiger partial charge in [0.25, 0.3) is 0 Å². The third-order valence-electron chi connectivity index (χ3n) is 3.02. The standard InChI is InChI=1S/C15H16O4/c1-3-18-15(17)13(10(2)16)9-11-4-5-14-12(8-11)6-7-19-14/h4-8,13H,3,9H2,1-2H3. The van der Waals surface area contributed by atoms with Crippen LogP contribution in [0.5, 0.6) is 0 Å². The summed E-state index contributed by atoms with van der Waals surface area (Å²) in [6, 6.07) is 7.48. The summed E-state index contributed by atoms with van der Waals surface area (Å²) < 4.78 is 10.2. The second-order valence-corrected chi connectivity index (χ2v) is 4.41. The van der Waals surface area contributed by atoms with E-state index >= 15 is 0 Å². The van der Waals surface area contributed by atoms with Crippen LogP contribution in [0.4, 0.5) is 0 Å². The van der Waals surface area contributed by atoms with Gasteiger partial charge in [0.1, 0.15) is 17.3 Å². The van der Waals surface area contributed by atoms with Gasteiger partial charge in [-0.2, -0.15) is 0 Å². The minimum Gasteiger partial charge on any atom is -0.465 e. The Morgan fingerprint density at radius 3 is 2.79 bits per heavy atom. The number of hydrogen-bond acceptors (Lipinski definition) is 4. The molecule has 1 aromatic carbocycles. The summed E-state index contributed by atoms with van der Waals surface area (Å²) in [5.41, 5.74) is 1.71. The predicted molar refractivity (Wildman–Crippen MR) is 70.7 cm³/mol. The molecule has 1 aromatic heterocycles. The summed E-state index contributed by atoms with van der Waals surface area (Å²) in [5.74, 6) is -1.36. The number of ketones is 1. The van der Waals surface area contributed by atoms with Gasteiger partial charge < -0.3 is 9.15 Å². The molecule has 100 valence electrons. The Morgan fingerprint density at radius 1 is 1.32 bits per heavy atom. The highest BCUT2D eigenvalue weighted by atomic mass is 16.5. The van der Waals surface area contributed by atoms with Gasteiger partial charge in [-0.05, 0) is 44.0 Å². The highest BCUT2D eigenvalue weighted by Crippen LogP contribution is 2.20. The summed E-state index contributed by atoms with van der Waals surface area (Å²) in [5, 5.41) is 0.962. The summed E-state index contributed by atoms with van der Waals surface area (Å²) in [6.07, 6.45) is 1.97. The zero-order valence-corrected chi connectivity index (χ0v) is 11.0. The quantitative estimate of drug-likeness (QED) is 0.612. The Kier molecular flexibility index (Phi) is 4.00. The maximum Gasteiger partial charge on any atom is 0.316 e. The molecule has 0 spiro atoms. The van der Waals surface area contributed by atoms with Crippen molar-refractivity contribution in [2.75, 3.05) is 6.61 Å². The molecular formula is C15H16O4. The molecule has 0 radical (unpaired) electrons. The SMILES string of the molecule is CCOC(=O)C(Cc1ccc2occc2c1)C(C)=O. The van der Waals surface area contributed by atoms with E-state index in [4.69, 9.17) is 9.15 Å². The van der Waals surface area contributed by atoms with Gasteiger partial charge in [0.05, 0.1) is 12.9 Å². The zero-order valence-electron chi connectivity index (χ0n) is 11.0. The molecule has 0 amide bonds. The van der Waals surface area contributed by atoms with Crippen LogP contribution in [0.3, 0.4) is 0 Å². The molecule has 1 heterocycles. The van der Waals surface area contributed by atoms with Crippen LogP contribution in [-0.4, -0.2) is 18.4 Å². The van der Waals surface area contributed by atoms with Crippen molar-refractivity contribution in [3.05, 3.63) is 36.1 Å². The number of carbonyl (C=O) groups is 2. The maximum absolute atomic E-state index is 11.7. The van der Waals surface area contributed by atoms with Crippen LogP contribution < -0.4 is 0 Å². The zero-order chi connectivity index (χ0) is 13.8. The van der Waals surface area contributed by atoms with Gasteiger partial charge in [-0.3, -0.25) is 9.59 Å². The van der Waals surface area contributed by atoms with Gasteiger partial charge in [-0.15, -0.1) is 0 Å². The number of esters is 1. The lowest BCUT2D eigenvalue weighted by Crippen LogP contribution is -2.26. The molecule has 4 nitrogen and oxygen atoms in total. The van der Waals surface area contributed by atoms with Crippen LogP contribution >= 0.6 is 0 Å². The largest absolute Gasteiger partial charge is 0.465 e. The Hall–Kier alpha value is -2.10. The Bertz CT molecular complexity index is 597. The fourth-order valence-corrected chi connectivity index (χ4v) is 2.01. The molecule has 19 heavy (non-hydrogen) atoms. The van der Waals surface area contributed by atoms with E-state index in [-0.39, 0.29) is 12.4 Å². The molecule has 1 unspecified atom stereocenters. The molecule has 0 aliphatic heterocycles. The summed E-state index contributed by atoms with van der Waals surface area (Å²) in [7, 11) is 0. The Labute approximate surface area is 111 Å². The molecule has 0 saturated heterocycles. The van der Waals surface area contributed by atoms with E-state index in [0.717, 1.165) is 16.5 Å². The van der Waals surface area contributed by atoms with Gasteiger partial charge >= 0.3 is 5.97 Å². The molecule has 2 rings (SSSR count). The lowest BCUT2D eigenvalue weighted by molar-refractivity contribution is -0.151. The summed E-state index contributed by atoms with van der Waals surface area (Å²) >= 11 is 0. The fourth-order valence-electron chi connectivity index (χ4n) is 2.01. The van der Waals surface area contributed by atoms with E-state index < -0.39 is 11.9 Å². The number of benzene rings is 1. The number of furan rings is 1. The minimum atomic E-state index is -0.732. The van der Waals surface area contributed by atoms with Crippen molar-refractivity contribution in [1.29, 1.82) is 0 Å². The van der Waals surface area contributed by atoms with E-state index in [1.807, 2.05) is 24.3 Å². The molecule has 1 atom stereocenters. The first kappa shape index (κ1) is 13.3. The van der Waals surface area contributed by atoms with Crippen LogP contribution in [0.2, 0.25) is 0 Å². The third kappa shape index (κ3) is 3.02. The van der Waals surface area contributed by atoms with Crippen LogP contribution in [0.15, 0.2) is 34.9 Å². The average molecular weight is 260 g/mol. The molecule has 0 aliphatic carbocycles. The van der Waals surface area contributed by atoms with Gasteiger partial charge in [-0.25, -0.2) is 0 Å². The maximum atomic E-state index is 11.7. The van der Waals surface area contributed by atoms with Gasteiger partial charge in [-0.1, -0.05) is 6.07 Å². The van der Waals surface area contributed by atoms with E-state index in [1.165, 1.54) is 6.92 Å². The molecule has 2 aromatic rings. The smallest absolute Gasteiger partial charge is 0.316 e. The normalized spacial score (nSPS) is 12.3. The number of carbonyl (C=O) groups excluding carboxylic acids is 2. The first-order valence-corrected chi connectivity index (χ1v) is 6.25. The van der Waals surface area contributed by atoms with E-state index in [9.17, 15) is 9.59 Å². The van der Waals surface area contributed by atoms with Crippen LogP contribution in [0, 0.1) is 5.92 Å². The number of rotatable bonds is 5. The molecule has 0 bridgehead atoms. The van der Waals surface area contributed by atoms with Crippen molar-refractivity contribution in [3.8, 4) is 0 Å². The second kappa shape index (κ2) is 5.69. The van der Waals surface area contributed by atoms with E-state index in [2.05, 4.69) is 0 Å². The highest BCUT2D eigenvalue weighted by molar-refractivity contribution is 5.98. The molecule has 0 N–H and O–H groups in total. The third-order valence-corrected chi connectivity index (χ3v) is 3.02. The van der Waals surface area contributed by atoms with Gasteiger partial charge in [0, 0.05) is 5.39 Å². The molecule has 0 fully saturated rings. The monoisotopic (exact) mass is 260 g/mol. The number of Topliss-reactive ketones (excluding diaryl/α,β-unsaturated/α-hetero) is 1. The molecule has 0 aliphatic rings. The minimum absolute atomic E-state index is 0.175. The first-order chi connectivity index (χ1) is 9.11. The van der Waals surface area contributed by atoms with Crippen LogP contribution in [-0.2, 0) is 20.7 Å². The van der Waals surface area contributed by atoms with E-state index in [0.29, 0.717) is 6.42 Å². The highest BCUT2D eigenvalue weighted by Gasteiger charge is 2.25. The Balaban J connectivity index is 2.20. The van der Waals surface area contributed by atoms with Crippen molar-refractivity contribution < 1.29 is 18.7 Å². The Morgan fingerprint density at radius 2 is 2.11 bits per heavy atom. The number of ether oxygens (including phenoxy) is 1. The van der Waals surface area contributed by atoms with Crippen LogP contribution in [0.1, 0.15) is 19.4 Å². The van der Waals surface area contributed by atoms with Gasteiger partial charge in [0.2, 0.25) is 0 Å². The van der Waals surface area contributed by atoms with Crippen molar-refractivity contribution >= 4 is 22.7 Å². The number of fused-ring (bicyclic) bond motifs is 1. The molecule has 0 saturated carbocycles. The summed E-state index contributed by atoms with van der Waals surface area (Å²) in [4.78, 5) is 23.3. The second-order valence-electron chi connectivity index (χ2n) is 4.41. The van der Waals surface area contributed by atoms with Gasteiger partial charge in [0.15, 0.2) is 0 Å².